The van der Waals surface area contributed by atoms with Crippen LogP contribution < -0.4 is 5.32 Å². The highest BCUT2D eigenvalue weighted by molar-refractivity contribution is 7.98. The number of benzene rings is 2. The van der Waals surface area contributed by atoms with Crippen LogP contribution in [-0.4, -0.2) is 22.4 Å². The van der Waals surface area contributed by atoms with Gasteiger partial charge in [0.15, 0.2) is 5.76 Å². The van der Waals surface area contributed by atoms with Crippen molar-refractivity contribution >= 4 is 34.7 Å². The van der Waals surface area contributed by atoms with E-state index in [9.17, 15) is 4.79 Å². The van der Waals surface area contributed by atoms with E-state index in [1.807, 2.05) is 48.7 Å². The van der Waals surface area contributed by atoms with Crippen LogP contribution in [0.1, 0.15) is 10.4 Å². The Hall–Kier alpha value is -3.06. The molecule has 1 amide bonds. The minimum absolute atomic E-state index is 0.0232. The number of nitrogens with zero attached hydrogens (tertiary/aromatic N) is 2. The Bertz CT molecular complexity index is 1020. The van der Waals surface area contributed by atoms with Crippen molar-refractivity contribution in [2.45, 2.75) is 4.90 Å². The molecule has 0 atom stereocenters. The van der Waals surface area contributed by atoms with Gasteiger partial charge in [-0.25, -0.2) is 0 Å². The molecule has 0 radical (unpaired) electrons. The Kier molecular flexibility index (Phi) is 3.99. The first kappa shape index (κ1) is 15.5. The van der Waals surface area contributed by atoms with Crippen LogP contribution in [0.3, 0.4) is 0 Å². The van der Waals surface area contributed by atoms with Crippen LogP contribution in [-0.2, 0) is 0 Å². The number of carbonyl (C=O) groups excluding carboxylic acids is 1. The second-order valence-electron chi connectivity index (χ2n) is 5.25. The molecule has 4 aromatic rings. The van der Waals surface area contributed by atoms with E-state index in [0.717, 1.165) is 15.9 Å². The van der Waals surface area contributed by atoms with Crippen LogP contribution in [0.4, 0.5) is 6.01 Å². The number of fused-ring (bicyclic) bond motifs is 1. The summed E-state index contributed by atoms with van der Waals surface area (Å²) < 4.78 is 11.2. The molecule has 0 saturated heterocycles. The summed E-state index contributed by atoms with van der Waals surface area (Å²) in [5.41, 5.74) is 1.26. The van der Waals surface area contributed by atoms with Crippen LogP contribution >= 0.6 is 11.8 Å². The van der Waals surface area contributed by atoms with E-state index in [0.29, 0.717) is 11.3 Å². The van der Waals surface area contributed by atoms with Crippen molar-refractivity contribution in [1.29, 1.82) is 0 Å². The number of nitrogens with one attached hydrogen (secondary N) is 1. The summed E-state index contributed by atoms with van der Waals surface area (Å²) >= 11 is 1.57. The summed E-state index contributed by atoms with van der Waals surface area (Å²) in [4.78, 5) is 13.3. The van der Waals surface area contributed by atoms with Crippen LogP contribution in [0.25, 0.3) is 22.6 Å². The molecule has 2 heterocycles. The number of rotatable bonds is 4. The lowest BCUT2D eigenvalue weighted by Gasteiger charge is -2.02. The highest BCUT2D eigenvalue weighted by atomic mass is 32.2. The molecule has 2 aromatic heterocycles. The summed E-state index contributed by atoms with van der Waals surface area (Å²) in [5.74, 6) is 0.360. The Balaban J connectivity index is 1.55. The maximum atomic E-state index is 12.3. The van der Waals surface area contributed by atoms with Crippen molar-refractivity contribution in [3.63, 3.8) is 0 Å². The monoisotopic (exact) mass is 351 g/mol. The lowest BCUT2D eigenvalue weighted by Crippen LogP contribution is -2.12. The Morgan fingerprint density at radius 1 is 1.04 bits per heavy atom. The summed E-state index contributed by atoms with van der Waals surface area (Å²) in [5, 5.41) is 11.3. The number of hydrogen-bond acceptors (Lipinski definition) is 6. The van der Waals surface area contributed by atoms with Crippen molar-refractivity contribution in [1.82, 2.24) is 10.2 Å². The predicted molar refractivity (Wildman–Crippen MR) is 95.7 cm³/mol. The molecule has 0 bridgehead atoms. The molecule has 0 aliphatic carbocycles. The molecule has 2 aromatic carbocycles. The van der Waals surface area contributed by atoms with Crippen molar-refractivity contribution in [3.8, 4) is 11.7 Å². The van der Waals surface area contributed by atoms with Gasteiger partial charge in [-0.3, -0.25) is 10.1 Å². The van der Waals surface area contributed by atoms with Crippen molar-refractivity contribution < 1.29 is 13.6 Å². The van der Waals surface area contributed by atoms with Gasteiger partial charge in [0.25, 0.3) is 11.8 Å². The van der Waals surface area contributed by atoms with E-state index in [4.69, 9.17) is 8.83 Å². The highest BCUT2D eigenvalue weighted by Gasteiger charge is 2.16. The first-order valence-corrected chi connectivity index (χ1v) is 8.73. The Morgan fingerprint density at radius 3 is 2.76 bits per heavy atom. The van der Waals surface area contributed by atoms with E-state index in [1.54, 1.807) is 23.9 Å². The van der Waals surface area contributed by atoms with Crippen LogP contribution in [0, 0.1) is 0 Å². The number of anilines is 1. The molecule has 25 heavy (non-hydrogen) atoms. The Labute approximate surface area is 147 Å². The van der Waals surface area contributed by atoms with Gasteiger partial charge in [0, 0.05) is 15.8 Å². The summed E-state index contributed by atoms with van der Waals surface area (Å²) in [6.45, 7) is 0. The molecule has 0 fully saturated rings. The lowest BCUT2D eigenvalue weighted by molar-refractivity contribution is 0.102. The summed E-state index contributed by atoms with van der Waals surface area (Å²) in [7, 11) is 0. The quantitative estimate of drug-likeness (QED) is 0.547. The smallest absolute Gasteiger partial charge is 0.322 e. The fourth-order valence-corrected chi connectivity index (χ4v) is 2.85. The van der Waals surface area contributed by atoms with Gasteiger partial charge in [0.05, 0.1) is 0 Å². The summed E-state index contributed by atoms with van der Waals surface area (Å²) in [6, 6.07) is 16.7. The van der Waals surface area contributed by atoms with E-state index in [1.165, 1.54) is 0 Å². The molecule has 7 heteroatoms. The maximum Gasteiger partial charge on any atom is 0.322 e. The molecule has 4 rings (SSSR count). The number of thioether (sulfide) groups is 1. The number of aromatic nitrogens is 2. The zero-order valence-electron chi connectivity index (χ0n) is 13.2. The van der Waals surface area contributed by atoms with E-state index < -0.39 is 0 Å². The third-order valence-electron chi connectivity index (χ3n) is 3.61. The van der Waals surface area contributed by atoms with Gasteiger partial charge in [-0.15, -0.1) is 16.9 Å². The average molecular weight is 351 g/mol. The number of carbonyl (C=O) groups is 1. The van der Waals surface area contributed by atoms with Crippen molar-refractivity contribution in [2.24, 2.45) is 0 Å². The molecule has 0 spiro atoms. The number of hydrogen-bond donors (Lipinski definition) is 1. The van der Waals surface area contributed by atoms with Gasteiger partial charge in [-0.05, 0) is 36.6 Å². The predicted octanol–water partition coefficient (Wildman–Crippen LogP) is 4.46. The molecule has 124 valence electrons. The van der Waals surface area contributed by atoms with Crippen molar-refractivity contribution in [2.75, 3.05) is 11.6 Å². The van der Waals surface area contributed by atoms with E-state index in [-0.39, 0.29) is 17.8 Å². The lowest BCUT2D eigenvalue weighted by atomic mass is 10.2. The fraction of sp³-hybridized carbons (Fsp3) is 0.0556. The van der Waals surface area contributed by atoms with E-state index in [2.05, 4.69) is 15.5 Å². The molecule has 0 aliphatic rings. The third-order valence-corrected chi connectivity index (χ3v) is 4.34. The second kappa shape index (κ2) is 6.45. The first-order valence-electron chi connectivity index (χ1n) is 7.51. The molecule has 0 aliphatic heterocycles. The molecule has 0 saturated carbocycles. The highest BCUT2D eigenvalue weighted by Crippen LogP contribution is 2.27. The molecule has 1 N–H and O–H groups in total. The molecular weight excluding hydrogens is 338 g/mol. The number of para-hydroxylation sites is 1. The van der Waals surface area contributed by atoms with Gasteiger partial charge >= 0.3 is 6.01 Å². The van der Waals surface area contributed by atoms with Crippen molar-refractivity contribution in [3.05, 3.63) is 60.2 Å². The van der Waals surface area contributed by atoms with Gasteiger partial charge < -0.3 is 8.83 Å². The van der Waals surface area contributed by atoms with E-state index >= 15 is 0 Å². The minimum atomic E-state index is -0.310. The van der Waals surface area contributed by atoms with Gasteiger partial charge in [0.1, 0.15) is 5.58 Å². The second-order valence-corrected chi connectivity index (χ2v) is 6.13. The van der Waals surface area contributed by atoms with Crippen LogP contribution in [0.2, 0.25) is 0 Å². The summed E-state index contributed by atoms with van der Waals surface area (Å²) in [6.07, 6.45) is 1.95. The number of amides is 1. The standard InChI is InChI=1S/C18H13N3O3S/c1-25-13-7-4-6-12(9-13)16(22)19-18-21-20-17(24-18)15-10-11-5-2-3-8-14(11)23-15/h2-10H,1H3,(H,19,21,22). The largest absolute Gasteiger partial charge is 0.451 e. The minimum Gasteiger partial charge on any atom is -0.451 e. The van der Waals surface area contributed by atoms with Crippen LogP contribution in [0.15, 0.2) is 68.3 Å². The van der Waals surface area contributed by atoms with Gasteiger partial charge in [-0.1, -0.05) is 29.4 Å². The molecule has 0 unspecified atom stereocenters. The first-order chi connectivity index (χ1) is 12.2. The number of furan rings is 1. The molecule has 6 nitrogen and oxygen atoms in total. The molecular formula is C18H13N3O3S. The Morgan fingerprint density at radius 2 is 1.92 bits per heavy atom. The fourth-order valence-electron chi connectivity index (χ4n) is 2.39. The average Bonchev–Trinajstić information content (AvgIpc) is 3.28. The van der Waals surface area contributed by atoms with Gasteiger partial charge in [-0.2, -0.15) is 0 Å². The topological polar surface area (TPSA) is 81.2 Å². The third kappa shape index (κ3) is 3.14. The van der Waals surface area contributed by atoms with Crippen LogP contribution in [0.5, 0.6) is 0 Å². The normalized spacial score (nSPS) is 10.9. The maximum absolute atomic E-state index is 12.3. The zero-order chi connectivity index (χ0) is 17.2. The SMILES string of the molecule is CSc1cccc(C(=O)Nc2nnc(-c3cc4ccccc4o3)o2)c1. The van der Waals surface area contributed by atoms with Gasteiger partial charge in [0.2, 0.25) is 0 Å². The zero-order valence-corrected chi connectivity index (χ0v) is 14.0.